The number of hydrogen-bond acceptors (Lipinski definition) is 2. The summed E-state index contributed by atoms with van der Waals surface area (Å²) in [6.45, 7) is 5.85. The molecule has 0 aliphatic rings. The average molecular weight is 362 g/mol. The third-order valence-electron chi connectivity index (χ3n) is 4.66. The highest BCUT2D eigenvalue weighted by Crippen LogP contribution is 2.48. The molecule has 3 rings (SSSR count). The van der Waals surface area contributed by atoms with Crippen LogP contribution in [0.5, 0.6) is 0 Å². The minimum atomic E-state index is -2.61. The number of carbonyl (C=O) groups is 1. The van der Waals surface area contributed by atoms with Crippen molar-refractivity contribution in [2.45, 2.75) is 26.4 Å². The minimum absolute atomic E-state index is 0.234. The fourth-order valence-electron chi connectivity index (χ4n) is 3.58. The summed E-state index contributed by atoms with van der Waals surface area (Å²) in [5, 5.41) is 0. The van der Waals surface area contributed by atoms with Crippen LogP contribution in [0.1, 0.15) is 43.8 Å². The Labute approximate surface area is 155 Å². The van der Waals surface area contributed by atoms with Crippen LogP contribution in [-0.4, -0.2) is 5.52 Å². The second-order valence-electron chi connectivity index (χ2n) is 6.72. The molecular weight excluding hydrogens is 339 g/mol. The highest BCUT2D eigenvalue weighted by molar-refractivity contribution is 7.65. The van der Waals surface area contributed by atoms with Crippen LogP contribution in [0.15, 0.2) is 72.8 Å². The summed E-state index contributed by atoms with van der Waals surface area (Å²) < 4.78 is 13.5. The van der Waals surface area contributed by atoms with Gasteiger partial charge in [-0.1, -0.05) is 78.4 Å². The predicted molar refractivity (Wildman–Crippen MR) is 109 cm³/mol. The van der Waals surface area contributed by atoms with Gasteiger partial charge in [-0.05, 0) is 43.0 Å². The summed E-state index contributed by atoms with van der Waals surface area (Å²) in [5.74, 6) is 0. The highest BCUT2D eigenvalue weighted by Gasteiger charge is 2.29. The van der Waals surface area contributed by atoms with Crippen LogP contribution >= 0.6 is 7.80 Å². The van der Waals surface area contributed by atoms with Crippen molar-refractivity contribution in [2.75, 3.05) is 0 Å². The van der Waals surface area contributed by atoms with Gasteiger partial charge in [-0.15, -0.1) is 0 Å². The van der Waals surface area contributed by atoms with Crippen LogP contribution in [0, 0.1) is 20.8 Å². The van der Waals surface area contributed by atoms with Crippen LogP contribution < -0.4 is 0 Å². The van der Waals surface area contributed by atoms with Crippen molar-refractivity contribution in [1.82, 2.24) is 0 Å². The Morgan fingerprint density at radius 1 is 0.769 bits per heavy atom. The zero-order chi connectivity index (χ0) is 18.7. The maximum absolute atomic E-state index is 13.5. The van der Waals surface area contributed by atoms with Crippen LogP contribution in [-0.2, 0) is 4.57 Å². The summed E-state index contributed by atoms with van der Waals surface area (Å²) in [5.41, 5.74) is 4.70. The third kappa shape index (κ3) is 3.71. The van der Waals surface area contributed by atoms with Crippen LogP contribution in [0.3, 0.4) is 0 Å². The van der Waals surface area contributed by atoms with E-state index in [0.717, 1.165) is 27.8 Å². The largest absolute Gasteiger partial charge is 0.317 e. The Hall–Kier alpha value is -2.44. The maximum atomic E-state index is 13.5. The van der Waals surface area contributed by atoms with Gasteiger partial charge in [0.05, 0.1) is 5.66 Å². The van der Waals surface area contributed by atoms with Gasteiger partial charge in [0.1, 0.15) is 0 Å². The van der Waals surface area contributed by atoms with Gasteiger partial charge in [-0.25, -0.2) is 0 Å². The maximum Gasteiger partial charge on any atom is 0.219 e. The zero-order valence-corrected chi connectivity index (χ0v) is 16.3. The number of aryl methyl sites for hydroxylation is 3. The summed E-state index contributed by atoms with van der Waals surface area (Å²) in [7, 11) is -2.61. The van der Waals surface area contributed by atoms with Gasteiger partial charge in [0.15, 0.2) is 7.80 Å². The van der Waals surface area contributed by atoms with Gasteiger partial charge in [-0.3, -0.25) is 4.79 Å². The van der Waals surface area contributed by atoms with Gasteiger partial charge >= 0.3 is 0 Å². The molecule has 3 aromatic carbocycles. The highest BCUT2D eigenvalue weighted by atomic mass is 31.1. The van der Waals surface area contributed by atoms with Gasteiger partial charge < -0.3 is 4.57 Å². The second kappa shape index (κ2) is 7.85. The molecule has 0 spiro atoms. The Balaban J connectivity index is 2.08. The van der Waals surface area contributed by atoms with E-state index in [-0.39, 0.29) is 5.52 Å². The second-order valence-corrected chi connectivity index (χ2v) is 8.48. The molecule has 0 fully saturated rings. The molecule has 132 valence electrons. The van der Waals surface area contributed by atoms with E-state index in [2.05, 4.69) is 0 Å². The molecule has 2 nitrogen and oxygen atoms in total. The molecule has 1 atom stereocenters. The monoisotopic (exact) mass is 362 g/mol. The molecule has 0 bridgehead atoms. The van der Waals surface area contributed by atoms with Crippen LogP contribution in [0.2, 0.25) is 0 Å². The Bertz CT molecular complexity index is 884. The molecule has 3 heteroatoms. The lowest BCUT2D eigenvalue weighted by molar-refractivity contribution is 0.107. The summed E-state index contributed by atoms with van der Waals surface area (Å²) in [6.07, 6.45) is 0. The first-order valence-electron chi connectivity index (χ1n) is 8.75. The summed E-state index contributed by atoms with van der Waals surface area (Å²) >= 11 is 0. The Morgan fingerprint density at radius 2 is 1.19 bits per heavy atom. The first kappa shape index (κ1) is 18.4. The van der Waals surface area contributed by atoms with E-state index in [4.69, 9.17) is 0 Å². The van der Waals surface area contributed by atoms with Gasteiger partial charge in [0, 0.05) is 5.56 Å². The third-order valence-corrected chi connectivity index (χ3v) is 6.54. The summed E-state index contributed by atoms with van der Waals surface area (Å²) in [6, 6.07) is 23.3. The lowest BCUT2D eigenvalue weighted by Crippen LogP contribution is -2.06. The molecule has 0 radical (unpaired) electrons. The quantitative estimate of drug-likeness (QED) is 0.514. The molecule has 0 aliphatic heterocycles. The van der Waals surface area contributed by atoms with Gasteiger partial charge in [0.2, 0.25) is 5.52 Å². The van der Waals surface area contributed by atoms with E-state index in [1.54, 1.807) is 0 Å². The standard InChI is InChI=1S/C23H23O2P/c1-16-14-17(2)21(18(3)15-16)23(24)26(25)22(19-10-6-4-7-11-19)20-12-8-5-9-13-20/h4-15,22,26H,1-3H3. The van der Waals surface area contributed by atoms with E-state index in [0.29, 0.717) is 5.56 Å². The normalized spacial score (nSPS) is 12.2. The lowest BCUT2D eigenvalue weighted by Gasteiger charge is -2.19. The minimum Gasteiger partial charge on any atom is -0.317 e. The van der Waals surface area contributed by atoms with Crippen molar-refractivity contribution < 1.29 is 9.36 Å². The van der Waals surface area contributed by atoms with E-state index >= 15 is 0 Å². The molecule has 0 aromatic heterocycles. The van der Waals surface area contributed by atoms with Crippen molar-refractivity contribution in [2.24, 2.45) is 0 Å². The van der Waals surface area contributed by atoms with Gasteiger partial charge in [-0.2, -0.15) is 0 Å². The number of rotatable bonds is 5. The van der Waals surface area contributed by atoms with Crippen LogP contribution in [0.4, 0.5) is 0 Å². The number of benzene rings is 3. The number of hydrogen-bond donors (Lipinski definition) is 0. The molecule has 0 saturated carbocycles. The van der Waals surface area contributed by atoms with Gasteiger partial charge in [0.25, 0.3) is 0 Å². The van der Waals surface area contributed by atoms with E-state index in [1.807, 2.05) is 93.6 Å². The molecule has 0 heterocycles. The Morgan fingerprint density at radius 3 is 1.62 bits per heavy atom. The molecule has 1 unspecified atom stereocenters. The summed E-state index contributed by atoms with van der Waals surface area (Å²) in [4.78, 5) is 13.2. The molecule has 3 aromatic rings. The first-order chi connectivity index (χ1) is 12.5. The topological polar surface area (TPSA) is 34.1 Å². The zero-order valence-electron chi connectivity index (χ0n) is 15.3. The number of carbonyl (C=O) groups excluding carboxylic acids is 1. The van der Waals surface area contributed by atoms with Crippen molar-refractivity contribution in [3.63, 3.8) is 0 Å². The first-order valence-corrected chi connectivity index (χ1v) is 10.2. The van der Waals surface area contributed by atoms with Crippen molar-refractivity contribution in [3.05, 3.63) is 106 Å². The van der Waals surface area contributed by atoms with Crippen molar-refractivity contribution in [1.29, 1.82) is 0 Å². The van der Waals surface area contributed by atoms with Crippen molar-refractivity contribution in [3.8, 4) is 0 Å². The lowest BCUT2D eigenvalue weighted by atomic mass is 10.0. The smallest absolute Gasteiger partial charge is 0.219 e. The SMILES string of the molecule is Cc1cc(C)c(C(=O)[PH](=O)C(c2ccccc2)c2ccccc2)c(C)c1. The molecular formula is C23H23O2P. The molecule has 0 aliphatic carbocycles. The fraction of sp³-hybridized carbons (Fsp3) is 0.174. The molecule has 26 heavy (non-hydrogen) atoms. The van der Waals surface area contributed by atoms with Crippen LogP contribution in [0.25, 0.3) is 0 Å². The Kier molecular flexibility index (Phi) is 5.54. The molecule has 0 amide bonds. The van der Waals surface area contributed by atoms with E-state index in [1.165, 1.54) is 0 Å². The molecule has 0 N–H and O–H groups in total. The predicted octanol–water partition coefficient (Wildman–Crippen LogP) is 6.10. The van der Waals surface area contributed by atoms with E-state index < -0.39 is 13.5 Å². The van der Waals surface area contributed by atoms with E-state index in [9.17, 15) is 9.36 Å². The molecule has 0 saturated heterocycles. The average Bonchev–Trinajstić information content (AvgIpc) is 2.62. The fourth-order valence-corrected chi connectivity index (χ4v) is 5.47. The van der Waals surface area contributed by atoms with Crippen molar-refractivity contribution >= 4 is 13.3 Å².